The van der Waals surface area contributed by atoms with E-state index < -0.39 is 7.14 Å². The quantitative estimate of drug-likeness (QED) is 0.660. The summed E-state index contributed by atoms with van der Waals surface area (Å²) in [5, 5.41) is 0. The molecule has 74 valence electrons. The lowest BCUT2D eigenvalue weighted by molar-refractivity contribution is 0.582. The van der Waals surface area contributed by atoms with Gasteiger partial charge < -0.3 is 4.57 Å². The fourth-order valence-electron chi connectivity index (χ4n) is 1.02. The largest absolute Gasteiger partial charge is 0.324 e. The Morgan fingerprint density at radius 1 is 1.08 bits per heavy atom. The molecule has 1 rings (SSSR count). The first-order valence-electron chi connectivity index (χ1n) is 4.66. The molecule has 0 saturated heterocycles. The molecule has 2 heteroatoms. The Bertz CT molecular complexity index is 261. The van der Waals surface area contributed by atoms with Gasteiger partial charge in [-0.15, -0.1) is 0 Å². The molecule has 0 aliphatic rings. The second-order valence-electron chi connectivity index (χ2n) is 3.22. The van der Waals surface area contributed by atoms with Crippen molar-refractivity contribution in [3.8, 4) is 0 Å². The van der Waals surface area contributed by atoms with Crippen LogP contribution in [-0.2, 0) is 10.7 Å². The predicted octanol–water partition coefficient (Wildman–Crippen LogP) is 3.84. The first-order chi connectivity index (χ1) is 6.08. The lowest BCUT2D eigenvalue weighted by Gasteiger charge is -2.04. The van der Waals surface area contributed by atoms with Gasteiger partial charge in [0.15, 0.2) is 0 Å². The fraction of sp³-hybridized carbons (Fsp3) is 0.455. The summed E-state index contributed by atoms with van der Waals surface area (Å²) in [4.78, 5) is 0. The van der Waals surface area contributed by atoms with Crippen LogP contribution in [0.2, 0.25) is 0 Å². The van der Waals surface area contributed by atoms with Gasteiger partial charge >= 0.3 is 0 Å². The van der Waals surface area contributed by atoms with Crippen LogP contribution in [0.3, 0.4) is 0 Å². The Hall–Kier alpha value is -0.550. The zero-order chi connectivity index (χ0) is 10.3. The van der Waals surface area contributed by atoms with Crippen LogP contribution >= 0.6 is 7.14 Å². The van der Waals surface area contributed by atoms with Crippen molar-refractivity contribution in [1.82, 2.24) is 0 Å². The van der Waals surface area contributed by atoms with Gasteiger partial charge in [0.25, 0.3) is 0 Å². The van der Waals surface area contributed by atoms with E-state index in [1.807, 2.05) is 57.5 Å². The van der Waals surface area contributed by atoms with Crippen LogP contribution in [0.1, 0.15) is 19.4 Å². The lowest BCUT2D eigenvalue weighted by atomic mass is 10.2. The molecule has 1 aromatic rings. The van der Waals surface area contributed by atoms with E-state index >= 15 is 0 Å². The first-order valence-corrected chi connectivity index (χ1v) is 7.44. The Morgan fingerprint density at radius 2 is 1.54 bits per heavy atom. The highest BCUT2D eigenvalue weighted by atomic mass is 31.2. The van der Waals surface area contributed by atoms with Crippen molar-refractivity contribution in [1.29, 1.82) is 0 Å². The third kappa shape index (κ3) is 6.60. The molecule has 0 amide bonds. The van der Waals surface area contributed by atoms with E-state index in [9.17, 15) is 4.57 Å². The highest BCUT2D eigenvalue weighted by Crippen LogP contribution is 2.39. The van der Waals surface area contributed by atoms with Crippen molar-refractivity contribution in [3.63, 3.8) is 0 Å². The number of hydrogen-bond donors (Lipinski definition) is 0. The Kier molecular flexibility index (Phi) is 5.73. The number of hydrogen-bond acceptors (Lipinski definition) is 1. The van der Waals surface area contributed by atoms with Gasteiger partial charge in [-0.2, -0.15) is 0 Å². The predicted molar refractivity (Wildman–Crippen MR) is 60.9 cm³/mol. The highest BCUT2D eigenvalue weighted by molar-refractivity contribution is 7.61. The molecule has 0 fully saturated rings. The molecule has 1 nitrogen and oxygen atoms in total. The molecule has 1 aromatic carbocycles. The Labute approximate surface area is 81.6 Å². The van der Waals surface area contributed by atoms with Gasteiger partial charge in [-0.3, -0.25) is 0 Å². The molecule has 13 heavy (non-hydrogen) atoms. The Morgan fingerprint density at radius 3 is 1.92 bits per heavy atom. The SMILES string of the molecule is CC.CP(C)(=O)Cc1ccccc1. The summed E-state index contributed by atoms with van der Waals surface area (Å²) < 4.78 is 11.4. The van der Waals surface area contributed by atoms with Crippen LogP contribution in [0.25, 0.3) is 0 Å². The average Bonchev–Trinajstić information content (AvgIpc) is 2.07. The molecule has 0 bridgehead atoms. The Balaban J connectivity index is 0.000000671. The standard InChI is InChI=1S/C9H13OP.C2H6/c1-11(2,10)8-9-6-4-3-5-7-9;1-2/h3-7H,8H2,1-2H3;1-2H3. The second-order valence-corrected chi connectivity index (χ2v) is 6.68. The molecule has 0 heterocycles. The molecule has 0 spiro atoms. The highest BCUT2D eigenvalue weighted by Gasteiger charge is 2.06. The van der Waals surface area contributed by atoms with E-state index in [4.69, 9.17) is 0 Å². The molecule has 0 radical (unpaired) electrons. The van der Waals surface area contributed by atoms with Gasteiger partial charge in [-0.1, -0.05) is 44.2 Å². The van der Waals surface area contributed by atoms with Gasteiger partial charge in [0.1, 0.15) is 0 Å². The lowest BCUT2D eigenvalue weighted by Crippen LogP contribution is -1.83. The summed E-state index contributed by atoms with van der Waals surface area (Å²) >= 11 is 0. The van der Waals surface area contributed by atoms with Gasteiger partial charge in [-0.05, 0) is 18.9 Å². The normalized spacial score (nSPS) is 10.2. The smallest absolute Gasteiger partial charge is 0.0861 e. The van der Waals surface area contributed by atoms with Crippen molar-refractivity contribution in [2.24, 2.45) is 0 Å². The summed E-state index contributed by atoms with van der Waals surface area (Å²) in [6.45, 7) is 7.64. The van der Waals surface area contributed by atoms with Gasteiger partial charge in [-0.25, -0.2) is 0 Å². The summed E-state index contributed by atoms with van der Waals surface area (Å²) in [5.41, 5.74) is 1.17. The molecular weight excluding hydrogens is 179 g/mol. The molecule has 0 aliphatic carbocycles. The van der Waals surface area contributed by atoms with E-state index in [-0.39, 0.29) is 0 Å². The summed E-state index contributed by atoms with van der Waals surface area (Å²) in [6, 6.07) is 9.95. The monoisotopic (exact) mass is 198 g/mol. The fourth-order valence-corrected chi connectivity index (χ4v) is 2.11. The van der Waals surface area contributed by atoms with E-state index in [1.54, 1.807) is 0 Å². The molecule has 0 N–H and O–H groups in total. The van der Waals surface area contributed by atoms with Crippen LogP contribution < -0.4 is 0 Å². The zero-order valence-electron chi connectivity index (χ0n) is 8.95. The van der Waals surface area contributed by atoms with Crippen LogP contribution in [0, 0.1) is 0 Å². The minimum Gasteiger partial charge on any atom is -0.324 e. The number of rotatable bonds is 2. The summed E-state index contributed by atoms with van der Waals surface area (Å²) in [7, 11) is -1.89. The molecule has 0 saturated carbocycles. The van der Waals surface area contributed by atoms with Crippen molar-refractivity contribution < 1.29 is 4.57 Å². The summed E-state index contributed by atoms with van der Waals surface area (Å²) in [5.74, 6) is 0. The maximum atomic E-state index is 11.4. The first kappa shape index (κ1) is 12.4. The van der Waals surface area contributed by atoms with E-state index in [0.29, 0.717) is 6.16 Å². The van der Waals surface area contributed by atoms with E-state index in [0.717, 1.165) is 0 Å². The van der Waals surface area contributed by atoms with Crippen molar-refractivity contribution in [2.75, 3.05) is 13.3 Å². The summed E-state index contributed by atoms with van der Waals surface area (Å²) in [6.07, 6.45) is 0.716. The van der Waals surface area contributed by atoms with Gasteiger partial charge in [0.05, 0.1) is 7.14 Å². The van der Waals surface area contributed by atoms with Crippen LogP contribution in [0.15, 0.2) is 30.3 Å². The number of benzene rings is 1. The second kappa shape index (κ2) is 5.99. The van der Waals surface area contributed by atoms with E-state index in [1.165, 1.54) is 5.56 Å². The average molecular weight is 198 g/mol. The van der Waals surface area contributed by atoms with Crippen molar-refractivity contribution >= 4 is 7.14 Å². The molecular formula is C11H19OP. The van der Waals surface area contributed by atoms with Crippen molar-refractivity contribution in [2.45, 2.75) is 20.0 Å². The van der Waals surface area contributed by atoms with E-state index in [2.05, 4.69) is 0 Å². The topological polar surface area (TPSA) is 17.1 Å². The molecule has 0 aromatic heterocycles. The van der Waals surface area contributed by atoms with Crippen LogP contribution in [0.5, 0.6) is 0 Å². The minimum atomic E-state index is -1.89. The van der Waals surface area contributed by atoms with Crippen LogP contribution in [-0.4, -0.2) is 13.3 Å². The molecule has 0 unspecified atom stereocenters. The molecule has 0 aliphatic heterocycles. The maximum absolute atomic E-state index is 11.4. The third-order valence-corrected chi connectivity index (χ3v) is 2.53. The van der Waals surface area contributed by atoms with Gasteiger partial charge in [0, 0.05) is 6.16 Å². The van der Waals surface area contributed by atoms with Crippen LogP contribution in [0.4, 0.5) is 0 Å². The zero-order valence-corrected chi connectivity index (χ0v) is 9.84. The van der Waals surface area contributed by atoms with Crippen molar-refractivity contribution in [3.05, 3.63) is 35.9 Å². The van der Waals surface area contributed by atoms with Gasteiger partial charge in [0.2, 0.25) is 0 Å². The maximum Gasteiger partial charge on any atom is 0.0861 e. The minimum absolute atomic E-state index is 0.716. The third-order valence-electron chi connectivity index (χ3n) is 1.41. The molecule has 0 atom stereocenters.